The molecule has 0 aromatic carbocycles. The second kappa shape index (κ2) is 5.10. The molecule has 0 aliphatic rings. The summed E-state index contributed by atoms with van der Waals surface area (Å²) in [4.78, 5) is 4.25. The molecule has 4 heteroatoms. The largest absolute Gasteiger partial charge is 0.330 e. The summed E-state index contributed by atoms with van der Waals surface area (Å²) in [5.41, 5.74) is 5.72. The van der Waals surface area contributed by atoms with E-state index >= 15 is 0 Å². The third-order valence-electron chi connectivity index (χ3n) is 2.69. The van der Waals surface area contributed by atoms with Gasteiger partial charge in [0.1, 0.15) is 12.2 Å². The third kappa shape index (κ3) is 2.54. The van der Waals surface area contributed by atoms with Gasteiger partial charge in [-0.15, -0.1) is 0 Å². The van der Waals surface area contributed by atoms with E-state index in [1.807, 2.05) is 4.68 Å². The maximum absolute atomic E-state index is 5.72. The van der Waals surface area contributed by atoms with Gasteiger partial charge in [-0.25, -0.2) is 4.98 Å². The maximum Gasteiger partial charge on any atom is 0.138 e. The van der Waals surface area contributed by atoms with Crippen LogP contribution in [0.3, 0.4) is 0 Å². The molecule has 0 radical (unpaired) electrons. The summed E-state index contributed by atoms with van der Waals surface area (Å²) >= 11 is 0. The van der Waals surface area contributed by atoms with Gasteiger partial charge in [-0.1, -0.05) is 13.8 Å². The van der Waals surface area contributed by atoms with E-state index in [9.17, 15) is 0 Å². The van der Waals surface area contributed by atoms with Gasteiger partial charge < -0.3 is 5.73 Å². The van der Waals surface area contributed by atoms with E-state index in [4.69, 9.17) is 5.73 Å². The van der Waals surface area contributed by atoms with Crippen molar-refractivity contribution in [1.82, 2.24) is 14.8 Å². The molecule has 0 aliphatic carbocycles. The molecule has 0 aliphatic heterocycles. The number of hydrogen-bond donors (Lipinski definition) is 1. The maximum atomic E-state index is 5.72. The van der Waals surface area contributed by atoms with Gasteiger partial charge in [0.15, 0.2) is 0 Å². The van der Waals surface area contributed by atoms with Gasteiger partial charge in [0.25, 0.3) is 0 Å². The second-order valence-corrected chi connectivity index (χ2v) is 3.94. The number of aromatic nitrogens is 3. The third-order valence-corrected chi connectivity index (χ3v) is 2.69. The molecule has 1 atom stereocenters. The topological polar surface area (TPSA) is 56.7 Å². The minimum absolute atomic E-state index is 0.504. The van der Waals surface area contributed by atoms with Crippen molar-refractivity contribution < 1.29 is 0 Å². The predicted molar refractivity (Wildman–Crippen MR) is 56.8 cm³/mol. The van der Waals surface area contributed by atoms with E-state index in [-0.39, 0.29) is 0 Å². The molecule has 1 aromatic rings. The van der Waals surface area contributed by atoms with Crippen molar-refractivity contribution in [2.75, 3.05) is 6.54 Å². The van der Waals surface area contributed by atoms with Crippen LogP contribution in [0.15, 0.2) is 6.33 Å². The van der Waals surface area contributed by atoms with E-state index < -0.39 is 0 Å². The normalized spacial score (nSPS) is 13.5. The Morgan fingerprint density at radius 1 is 1.50 bits per heavy atom. The van der Waals surface area contributed by atoms with Gasteiger partial charge in [0.2, 0.25) is 0 Å². The van der Waals surface area contributed by atoms with Crippen LogP contribution in [0.1, 0.15) is 26.6 Å². The van der Waals surface area contributed by atoms with Crippen molar-refractivity contribution in [2.24, 2.45) is 17.6 Å². The molecule has 1 heterocycles. The highest BCUT2D eigenvalue weighted by molar-refractivity contribution is 4.88. The van der Waals surface area contributed by atoms with Gasteiger partial charge in [-0.2, -0.15) is 5.10 Å². The summed E-state index contributed by atoms with van der Waals surface area (Å²) in [6, 6.07) is 0. The number of rotatable bonds is 5. The Hall–Kier alpha value is -0.900. The first kappa shape index (κ1) is 11.2. The Morgan fingerprint density at radius 3 is 2.71 bits per heavy atom. The highest BCUT2D eigenvalue weighted by atomic mass is 15.3. The lowest BCUT2D eigenvalue weighted by Crippen LogP contribution is -2.23. The fourth-order valence-electron chi connectivity index (χ4n) is 1.54. The van der Waals surface area contributed by atoms with E-state index in [1.165, 1.54) is 0 Å². The Balaban J connectivity index is 2.66. The predicted octanol–water partition coefficient (Wildman–Crippen LogP) is 1.07. The van der Waals surface area contributed by atoms with Crippen LogP contribution in [0.5, 0.6) is 0 Å². The lowest BCUT2D eigenvalue weighted by molar-refractivity contribution is 0.377. The van der Waals surface area contributed by atoms with Crippen LogP contribution in [-0.2, 0) is 13.0 Å². The molecular weight excluding hydrogens is 176 g/mol. The zero-order valence-electron chi connectivity index (χ0n) is 9.27. The number of aryl methyl sites for hydroxylation is 1. The van der Waals surface area contributed by atoms with Crippen LogP contribution in [0, 0.1) is 11.8 Å². The Kier molecular flexibility index (Phi) is 4.07. The van der Waals surface area contributed by atoms with E-state index in [2.05, 4.69) is 30.9 Å². The molecule has 14 heavy (non-hydrogen) atoms. The van der Waals surface area contributed by atoms with Gasteiger partial charge >= 0.3 is 0 Å². The molecule has 1 rings (SSSR count). The summed E-state index contributed by atoms with van der Waals surface area (Å²) in [7, 11) is 0. The van der Waals surface area contributed by atoms with Gasteiger partial charge in [0.05, 0.1) is 0 Å². The molecule has 1 unspecified atom stereocenters. The van der Waals surface area contributed by atoms with Crippen LogP contribution in [0.2, 0.25) is 0 Å². The minimum atomic E-state index is 0.504. The van der Waals surface area contributed by atoms with E-state index in [1.54, 1.807) is 6.33 Å². The van der Waals surface area contributed by atoms with E-state index in [0.717, 1.165) is 18.8 Å². The Labute approximate surface area is 85.5 Å². The smallest absolute Gasteiger partial charge is 0.138 e. The summed E-state index contributed by atoms with van der Waals surface area (Å²) in [6.07, 6.45) is 2.55. The molecule has 0 bridgehead atoms. The summed E-state index contributed by atoms with van der Waals surface area (Å²) in [5.74, 6) is 2.16. The molecule has 0 saturated carbocycles. The molecular formula is C10H20N4. The van der Waals surface area contributed by atoms with Gasteiger partial charge in [0, 0.05) is 13.0 Å². The standard InChI is InChI=1S/C10H20N4/c1-4-14-10(12-7-13-14)5-9(6-11)8(2)3/h7-9H,4-6,11H2,1-3H3. The second-order valence-electron chi connectivity index (χ2n) is 3.94. The van der Waals surface area contributed by atoms with Gasteiger partial charge in [-0.3, -0.25) is 4.68 Å². The Morgan fingerprint density at radius 2 is 2.21 bits per heavy atom. The minimum Gasteiger partial charge on any atom is -0.330 e. The Bertz CT molecular complexity index is 267. The van der Waals surface area contributed by atoms with Crippen molar-refractivity contribution in [2.45, 2.75) is 33.7 Å². The average Bonchev–Trinajstić information content (AvgIpc) is 2.60. The first-order valence-corrected chi connectivity index (χ1v) is 5.25. The van der Waals surface area contributed by atoms with Crippen LogP contribution >= 0.6 is 0 Å². The fourth-order valence-corrected chi connectivity index (χ4v) is 1.54. The molecule has 80 valence electrons. The lowest BCUT2D eigenvalue weighted by atomic mass is 9.92. The van der Waals surface area contributed by atoms with Crippen LogP contribution in [0.4, 0.5) is 0 Å². The van der Waals surface area contributed by atoms with Crippen molar-refractivity contribution in [3.05, 3.63) is 12.2 Å². The zero-order chi connectivity index (χ0) is 10.6. The van der Waals surface area contributed by atoms with Crippen molar-refractivity contribution in [3.63, 3.8) is 0 Å². The first-order chi connectivity index (χ1) is 6.69. The molecule has 1 aromatic heterocycles. The van der Waals surface area contributed by atoms with E-state index in [0.29, 0.717) is 18.4 Å². The highest BCUT2D eigenvalue weighted by Crippen LogP contribution is 2.14. The zero-order valence-corrected chi connectivity index (χ0v) is 9.27. The fraction of sp³-hybridized carbons (Fsp3) is 0.800. The summed E-state index contributed by atoms with van der Waals surface area (Å²) in [5, 5.41) is 4.15. The molecule has 0 amide bonds. The van der Waals surface area contributed by atoms with Crippen LogP contribution < -0.4 is 5.73 Å². The summed E-state index contributed by atoms with van der Waals surface area (Å²) < 4.78 is 1.94. The van der Waals surface area contributed by atoms with Crippen molar-refractivity contribution in [1.29, 1.82) is 0 Å². The molecule has 0 spiro atoms. The molecule has 0 saturated heterocycles. The number of nitrogens with two attached hydrogens (primary N) is 1. The average molecular weight is 196 g/mol. The number of hydrogen-bond acceptors (Lipinski definition) is 3. The highest BCUT2D eigenvalue weighted by Gasteiger charge is 2.15. The molecule has 2 N–H and O–H groups in total. The lowest BCUT2D eigenvalue weighted by Gasteiger charge is -2.18. The van der Waals surface area contributed by atoms with Gasteiger partial charge in [-0.05, 0) is 25.3 Å². The molecule has 4 nitrogen and oxygen atoms in total. The first-order valence-electron chi connectivity index (χ1n) is 5.25. The van der Waals surface area contributed by atoms with Crippen molar-refractivity contribution in [3.8, 4) is 0 Å². The van der Waals surface area contributed by atoms with Crippen LogP contribution in [-0.4, -0.2) is 21.3 Å². The SMILES string of the molecule is CCn1ncnc1CC(CN)C(C)C. The molecule has 0 fully saturated rings. The monoisotopic (exact) mass is 196 g/mol. The quantitative estimate of drug-likeness (QED) is 0.766. The van der Waals surface area contributed by atoms with Crippen molar-refractivity contribution >= 4 is 0 Å². The summed E-state index contributed by atoms with van der Waals surface area (Å²) in [6.45, 7) is 8.07. The van der Waals surface area contributed by atoms with Crippen LogP contribution in [0.25, 0.3) is 0 Å². The number of nitrogens with zero attached hydrogens (tertiary/aromatic N) is 3.